The largest absolute Gasteiger partial charge is 0.330 e. The first-order valence-electron chi connectivity index (χ1n) is 8.11. The summed E-state index contributed by atoms with van der Waals surface area (Å²) in [7, 11) is -3.45. The standard InChI is InChI=1S/C16H23N3O2S2/c1-12-18-15-8-7-14(11-16(15)22-12)23(20,21)19-10-3-2-5-13(19)6-4-9-17/h7-8,11,13H,2-6,9-10,17H2,1H3. The van der Waals surface area contributed by atoms with E-state index in [4.69, 9.17) is 5.73 Å². The molecule has 5 nitrogen and oxygen atoms in total. The molecular formula is C16H23N3O2S2. The fraction of sp³-hybridized carbons (Fsp3) is 0.562. The third-order valence-corrected chi connectivity index (χ3v) is 7.27. The number of sulfonamides is 1. The Balaban J connectivity index is 1.93. The highest BCUT2D eigenvalue weighted by Gasteiger charge is 2.33. The number of hydrogen-bond donors (Lipinski definition) is 1. The summed E-state index contributed by atoms with van der Waals surface area (Å²) in [5.74, 6) is 0. The first-order valence-corrected chi connectivity index (χ1v) is 10.4. The molecule has 0 saturated carbocycles. The molecule has 0 amide bonds. The molecule has 1 fully saturated rings. The molecule has 2 heterocycles. The molecule has 7 heteroatoms. The lowest BCUT2D eigenvalue weighted by Crippen LogP contribution is -2.43. The van der Waals surface area contributed by atoms with Crippen molar-refractivity contribution in [2.45, 2.75) is 50.0 Å². The van der Waals surface area contributed by atoms with Crippen LogP contribution in [0, 0.1) is 6.92 Å². The van der Waals surface area contributed by atoms with Gasteiger partial charge >= 0.3 is 0 Å². The van der Waals surface area contributed by atoms with Gasteiger partial charge in [-0.25, -0.2) is 13.4 Å². The van der Waals surface area contributed by atoms with E-state index in [1.54, 1.807) is 16.4 Å². The van der Waals surface area contributed by atoms with Crippen LogP contribution in [0.5, 0.6) is 0 Å². The first kappa shape index (κ1) is 16.8. The van der Waals surface area contributed by atoms with E-state index in [0.29, 0.717) is 18.0 Å². The number of benzene rings is 1. The number of fused-ring (bicyclic) bond motifs is 1. The normalized spacial score (nSPS) is 20.2. The van der Waals surface area contributed by atoms with Crippen LogP contribution in [0.25, 0.3) is 10.2 Å². The van der Waals surface area contributed by atoms with E-state index in [1.807, 2.05) is 13.0 Å². The maximum atomic E-state index is 13.1. The predicted octanol–water partition coefficient (Wildman–Crippen LogP) is 2.89. The number of nitrogens with two attached hydrogens (primary N) is 1. The predicted molar refractivity (Wildman–Crippen MR) is 94.2 cm³/mol. The SMILES string of the molecule is Cc1nc2ccc(S(=O)(=O)N3CCCCC3CCCN)cc2s1. The minimum atomic E-state index is -3.45. The number of rotatable bonds is 5. The number of hydrogen-bond acceptors (Lipinski definition) is 5. The van der Waals surface area contributed by atoms with E-state index < -0.39 is 10.0 Å². The van der Waals surface area contributed by atoms with Crippen molar-refractivity contribution >= 4 is 31.6 Å². The lowest BCUT2D eigenvalue weighted by Gasteiger charge is -2.34. The van der Waals surface area contributed by atoms with Crippen molar-refractivity contribution in [1.82, 2.24) is 9.29 Å². The van der Waals surface area contributed by atoms with Gasteiger partial charge in [0.1, 0.15) is 0 Å². The molecule has 0 aliphatic carbocycles. The van der Waals surface area contributed by atoms with Crippen LogP contribution < -0.4 is 5.73 Å². The van der Waals surface area contributed by atoms with Crippen molar-refractivity contribution in [3.63, 3.8) is 0 Å². The second kappa shape index (κ2) is 6.84. The van der Waals surface area contributed by atoms with E-state index in [-0.39, 0.29) is 6.04 Å². The summed E-state index contributed by atoms with van der Waals surface area (Å²) in [6.45, 7) is 3.15. The Morgan fingerprint density at radius 2 is 2.22 bits per heavy atom. The molecule has 1 aromatic carbocycles. The molecule has 23 heavy (non-hydrogen) atoms. The van der Waals surface area contributed by atoms with Crippen molar-refractivity contribution in [2.75, 3.05) is 13.1 Å². The van der Waals surface area contributed by atoms with Crippen LogP contribution in [0.3, 0.4) is 0 Å². The Bertz CT molecular complexity index is 786. The van der Waals surface area contributed by atoms with Gasteiger partial charge in [0.15, 0.2) is 0 Å². The van der Waals surface area contributed by atoms with Gasteiger partial charge in [0, 0.05) is 12.6 Å². The number of aryl methyl sites for hydroxylation is 1. The number of thiazole rings is 1. The average Bonchev–Trinajstić information content (AvgIpc) is 2.92. The van der Waals surface area contributed by atoms with E-state index in [1.165, 1.54) is 11.3 Å². The van der Waals surface area contributed by atoms with Gasteiger partial charge in [-0.05, 0) is 57.4 Å². The molecule has 1 saturated heterocycles. The van der Waals surface area contributed by atoms with Gasteiger partial charge in [-0.3, -0.25) is 0 Å². The number of aromatic nitrogens is 1. The van der Waals surface area contributed by atoms with Crippen molar-refractivity contribution in [1.29, 1.82) is 0 Å². The van der Waals surface area contributed by atoms with Crippen LogP contribution in [0.15, 0.2) is 23.1 Å². The van der Waals surface area contributed by atoms with Gasteiger partial charge < -0.3 is 5.73 Å². The van der Waals surface area contributed by atoms with E-state index in [0.717, 1.165) is 47.3 Å². The second-order valence-corrected chi connectivity index (χ2v) is 9.18. The van der Waals surface area contributed by atoms with Crippen LogP contribution in [0.1, 0.15) is 37.1 Å². The summed E-state index contributed by atoms with van der Waals surface area (Å²) in [5, 5.41) is 0.952. The third-order valence-electron chi connectivity index (χ3n) is 4.39. The van der Waals surface area contributed by atoms with Gasteiger partial charge in [0.05, 0.1) is 20.1 Å². The van der Waals surface area contributed by atoms with Crippen LogP contribution in [-0.2, 0) is 10.0 Å². The molecule has 2 aromatic rings. The molecule has 3 rings (SSSR count). The zero-order chi connectivity index (χ0) is 16.4. The lowest BCUT2D eigenvalue weighted by atomic mass is 10.0. The smallest absolute Gasteiger partial charge is 0.243 e. The fourth-order valence-electron chi connectivity index (χ4n) is 3.25. The molecule has 1 unspecified atom stereocenters. The van der Waals surface area contributed by atoms with Crippen molar-refractivity contribution in [2.24, 2.45) is 5.73 Å². The summed E-state index contributed by atoms with van der Waals surface area (Å²) < 4.78 is 28.8. The topological polar surface area (TPSA) is 76.3 Å². The summed E-state index contributed by atoms with van der Waals surface area (Å²) in [4.78, 5) is 4.78. The number of nitrogens with zero attached hydrogens (tertiary/aromatic N) is 2. The first-order chi connectivity index (χ1) is 11.0. The van der Waals surface area contributed by atoms with Gasteiger partial charge in [0.2, 0.25) is 10.0 Å². The van der Waals surface area contributed by atoms with Gasteiger partial charge in [0.25, 0.3) is 0 Å². The van der Waals surface area contributed by atoms with Gasteiger partial charge in [-0.1, -0.05) is 6.42 Å². The molecular weight excluding hydrogens is 330 g/mol. The lowest BCUT2D eigenvalue weighted by molar-refractivity contribution is 0.238. The molecule has 0 radical (unpaired) electrons. The van der Waals surface area contributed by atoms with Crippen molar-refractivity contribution in [3.05, 3.63) is 23.2 Å². The highest BCUT2D eigenvalue weighted by Crippen LogP contribution is 2.30. The molecule has 1 aliphatic rings. The van der Waals surface area contributed by atoms with Crippen LogP contribution in [-0.4, -0.2) is 36.8 Å². The Kier molecular flexibility index (Phi) is 5.01. The Morgan fingerprint density at radius 1 is 1.39 bits per heavy atom. The van der Waals surface area contributed by atoms with Gasteiger partial charge in [-0.15, -0.1) is 11.3 Å². The van der Waals surface area contributed by atoms with E-state index in [9.17, 15) is 8.42 Å². The number of piperidine rings is 1. The maximum Gasteiger partial charge on any atom is 0.243 e. The van der Waals surface area contributed by atoms with Crippen LogP contribution in [0.2, 0.25) is 0 Å². The van der Waals surface area contributed by atoms with Gasteiger partial charge in [-0.2, -0.15) is 4.31 Å². The molecule has 126 valence electrons. The fourth-order valence-corrected chi connectivity index (χ4v) is 5.94. The van der Waals surface area contributed by atoms with Crippen molar-refractivity contribution in [3.8, 4) is 0 Å². The summed E-state index contributed by atoms with van der Waals surface area (Å²) in [6, 6.07) is 5.34. The second-order valence-electron chi connectivity index (χ2n) is 6.06. The third kappa shape index (κ3) is 3.42. The average molecular weight is 354 g/mol. The maximum absolute atomic E-state index is 13.1. The Morgan fingerprint density at radius 3 is 3.00 bits per heavy atom. The monoisotopic (exact) mass is 353 g/mol. The van der Waals surface area contributed by atoms with Crippen LogP contribution in [0.4, 0.5) is 0 Å². The summed E-state index contributed by atoms with van der Waals surface area (Å²) >= 11 is 1.53. The summed E-state index contributed by atoms with van der Waals surface area (Å²) in [5.41, 5.74) is 6.47. The molecule has 0 bridgehead atoms. The molecule has 0 spiro atoms. The quantitative estimate of drug-likeness (QED) is 0.897. The summed E-state index contributed by atoms with van der Waals surface area (Å²) in [6.07, 6.45) is 4.66. The molecule has 1 atom stereocenters. The van der Waals surface area contributed by atoms with Crippen molar-refractivity contribution < 1.29 is 8.42 Å². The van der Waals surface area contributed by atoms with E-state index >= 15 is 0 Å². The molecule has 2 N–H and O–H groups in total. The minimum absolute atomic E-state index is 0.0798. The zero-order valence-electron chi connectivity index (χ0n) is 13.4. The van der Waals surface area contributed by atoms with Crippen LogP contribution >= 0.6 is 11.3 Å². The zero-order valence-corrected chi connectivity index (χ0v) is 15.0. The van der Waals surface area contributed by atoms with E-state index in [2.05, 4.69) is 4.98 Å². The Hall–Kier alpha value is -1.02. The molecule has 1 aliphatic heterocycles. The minimum Gasteiger partial charge on any atom is -0.330 e. The Labute approximate surface area is 141 Å². The highest BCUT2D eigenvalue weighted by molar-refractivity contribution is 7.89. The highest BCUT2D eigenvalue weighted by atomic mass is 32.2. The molecule has 1 aromatic heterocycles.